The number of carbonyl (C=O) groups is 1. The van der Waals surface area contributed by atoms with Gasteiger partial charge < -0.3 is 19.4 Å². The highest BCUT2D eigenvalue weighted by molar-refractivity contribution is 5.82. The van der Waals surface area contributed by atoms with E-state index < -0.39 is 0 Å². The van der Waals surface area contributed by atoms with Crippen molar-refractivity contribution in [1.82, 2.24) is 24.6 Å². The van der Waals surface area contributed by atoms with E-state index in [2.05, 4.69) is 20.0 Å². The smallest absolute Gasteiger partial charge is 0.241 e. The van der Waals surface area contributed by atoms with E-state index in [1.165, 1.54) is 0 Å². The highest BCUT2D eigenvalue weighted by atomic mass is 16.5. The Morgan fingerprint density at radius 3 is 2.74 bits per heavy atom. The summed E-state index contributed by atoms with van der Waals surface area (Å²) in [6, 6.07) is 1.97. The summed E-state index contributed by atoms with van der Waals surface area (Å²) in [6.07, 6.45) is 5.51. The number of hydrogen-bond acceptors (Lipinski definition) is 7. The molecule has 0 aliphatic carbocycles. The van der Waals surface area contributed by atoms with Crippen LogP contribution >= 0.6 is 0 Å². The van der Waals surface area contributed by atoms with Crippen molar-refractivity contribution in [3.8, 4) is 0 Å². The largest absolute Gasteiger partial charge is 0.373 e. The van der Waals surface area contributed by atoms with Crippen molar-refractivity contribution in [2.24, 2.45) is 0 Å². The number of morpholine rings is 1. The van der Waals surface area contributed by atoms with Gasteiger partial charge in [-0.1, -0.05) is 0 Å². The SMILES string of the molecule is Cc1cnn(CC2CN(c3cc(N4CCN(C)C(=O)C4)ncn3)CCO2)c1. The molecule has 0 aromatic carbocycles. The number of carbonyl (C=O) groups excluding carboxylic acids is 1. The summed E-state index contributed by atoms with van der Waals surface area (Å²) < 4.78 is 7.83. The van der Waals surface area contributed by atoms with E-state index in [0.717, 1.165) is 43.4 Å². The Labute approximate surface area is 158 Å². The zero-order valence-corrected chi connectivity index (χ0v) is 15.8. The molecule has 0 saturated carbocycles. The molecule has 1 unspecified atom stereocenters. The number of hydrogen-bond donors (Lipinski definition) is 0. The van der Waals surface area contributed by atoms with Crippen LogP contribution < -0.4 is 9.80 Å². The molecule has 0 radical (unpaired) electrons. The Bertz CT molecular complexity index is 809. The minimum absolute atomic E-state index is 0.0571. The summed E-state index contributed by atoms with van der Waals surface area (Å²) in [5.74, 6) is 1.78. The Kier molecular flexibility index (Phi) is 4.93. The standard InChI is InChI=1S/C18H25N7O2/c1-14-8-21-25(9-14)11-15-10-24(5-6-27-15)17-7-16(19-13-20-17)23-4-3-22(2)18(26)12-23/h7-9,13,15H,3-6,10-12H2,1-2H3. The second-order valence-electron chi connectivity index (χ2n) is 7.15. The first-order valence-electron chi connectivity index (χ1n) is 9.25. The number of rotatable bonds is 4. The molecular formula is C18H25N7O2. The molecule has 144 valence electrons. The maximum Gasteiger partial charge on any atom is 0.241 e. The topological polar surface area (TPSA) is 79.6 Å². The van der Waals surface area contributed by atoms with E-state index in [1.54, 1.807) is 11.2 Å². The van der Waals surface area contributed by atoms with Gasteiger partial charge in [-0.25, -0.2) is 9.97 Å². The molecule has 4 rings (SSSR count). The third-order valence-electron chi connectivity index (χ3n) is 5.04. The quantitative estimate of drug-likeness (QED) is 0.758. The molecule has 1 atom stereocenters. The molecule has 27 heavy (non-hydrogen) atoms. The molecule has 0 N–H and O–H groups in total. The lowest BCUT2D eigenvalue weighted by atomic mass is 10.2. The van der Waals surface area contributed by atoms with Gasteiger partial charge in [-0.2, -0.15) is 5.10 Å². The molecule has 2 aliphatic heterocycles. The Balaban J connectivity index is 1.44. The molecule has 9 heteroatoms. The second-order valence-corrected chi connectivity index (χ2v) is 7.15. The van der Waals surface area contributed by atoms with E-state index in [0.29, 0.717) is 19.7 Å². The summed E-state index contributed by atoms with van der Waals surface area (Å²) in [4.78, 5) is 26.8. The van der Waals surface area contributed by atoms with Crippen LogP contribution in [0.5, 0.6) is 0 Å². The van der Waals surface area contributed by atoms with Crippen LogP contribution in [0.15, 0.2) is 24.8 Å². The van der Waals surface area contributed by atoms with Crippen molar-refractivity contribution in [2.45, 2.75) is 19.6 Å². The Morgan fingerprint density at radius 2 is 2.00 bits per heavy atom. The third-order valence-corrected chi connectivity index (χ3v) is 5.04. The van der Waals surface area contributed by atoms with Gasteiger partial charge in [0.2, 0.25) is 5.91 Å². The molecule has 2 aromatic rings. The highest BCUT2D eigenvalue weighted by Gasteiger charge is 2.25. The van der Waals surface area contributed by atoms with E-state index in [1.807, 2.05) is 42.0 Å². The van der Waals surface area contributed by atoms with Gasteiger partial charge in [0, 0.05) is 45.5 Å². The first-order valence-corrected chi connectivity index (χ1v) is 9.25. The molecular weight excluding hydrogens is 346 g/mol. The van der Waals surface area contributed by atoms with Crippen molar-refractivity contribution < 1.29 is 9.53 Å². The third kappa shape index (κ3) is 4.02. The number of anilines is 2. The van der Waals surface area contributed by atoms with Crippen molar-refractivity contribution in [3.05, 3.63) is 30.4 Å². The number of nitrogens with zero attached hydrogens (tertiary/aromatic N) is 7. The molecule has 2 fully saturated rings. The average Bonchev–Trinajstić information content (AvgIpc) is 3.09. The highest BCUT2D eigenvalue weighted by Crippen LogP contribution is 2.21. The first kappa shape index (κ1) is 17.7. The molecule has 0 bridgehead atoms. The molecule has 0 spiro atoms. The molecule has 1 amide bonds. The fraction of sp³-hybridized carbons (Fsp3) is 0.556. The average molecular weight is 371 g/mol. The summed E-state index contributed by atoms with van der Waals surface area (Å²) in [6.45, 7) is 6.78. The van der Waals surface area contributed by atoms with Gasteiger partial charge in [0.05, 0.1) is 32.0 Å². The van der Waals surface area contributed by atoms with Crippen LogP contribution in [0, 0.1) is 6.92 Å². The van der Waals surface area contributed by atoms with Gasteiger partial charge in [-0.05, 0) is 12.5 Å². The Hall–Kier alpha value is -2.68. The maximum atomic E-state index is 12.0. The van der Waals surface area contributed by atoms with Gasteiger partial charge in [0.1, 0.15) is 18.0 Å². The summed E-state index contributed by atoms with van der Waals surface area (Å²) >= 11 is 0. The van der Waals surface area contributed by atoms with E-state index in [4.69, 9.17) is 4.74 Å². The molecule has 4 heterocycles. The summed E-state index contributed by atoms with van der Waals surface area (Å²) in [7, 11) is 1.83. The monoisotopic (exact) mass is 371 g/mol. The predicted molar refractivity (Wildman–Crippen MR) is 101 cm³/mol. The fourth-order valence-electron chi connectivity index (χ4n) is 3.45. The van der Waals surface area contributed by atoms with Gasteiger partial charge in [0.25, 0.3) is 0 Å². The second kappa shape index (κ2) is 7.51. The Morgan fingerprint density at radius 1 is 1.19 bits per heavy atom. The van der Waals surface area contributed by atoms with Crippen LogP contribution in [-0.2, 0) is 16.1 Å². The molecule has 2 saturated heterocycles. The first-order chi connectivity index (χ1) is 13.1. The van der Waals surface area contributed by atoms with Crippen LogP contribution in [0.1, 0.15) is 5.56 Å². The zero-order chi connectivity index (χ0) is 18.8. The van der Waals surface area contributed by atoms with Crippen LogP contribution in [-0.4, -0.2) is 83.0 Å². The maximum absolute atomic E-state index is 12.0. The number of piperazine rings is 1. The van der Waals surface area contributed by atoms with E-state index >= 15 is 0 Å². The van der Waals surface area contributed by atoms with Gasteiger partial charge in [0.15, 0.2) is 0 Å². The van der Waals surface area contributed by atoms with Crippen molar-refractivity contribution in [3.63, 3.8) is 0 Å². The summed E-state index contributed by atoms with van der Waals surface area (Å²) in [5.41, 5.74) is 1.14. The van der Waals surface area contributed by atoms with Gasteiger partial charge in [-0.15, -0.1) is 0 Å². The van der Waals surface area contributed by atoms with Crippen molar-refractivity contribution in [2.75, 3.05) is 56.2 Å². The number of ether oxygens (including phenoxy) is 1. The van der Waals surface area contributed by atoms with Crippen LogP contribution in [0.4, 0.5) is 11.6 Å². The molecule has 2 aromatic heterocycles. The normalized spacial score (nSPS) is 21.0. The minimum atomic E-state index is 0.0571. The van der Waals surface area contributed by atoms with Crippen LogP contribution in [0.3, 0.4) is 0 Å². The lowest BCUT2D eigenvalue weighted by Gasteiger charge is -2.35. The van der Waals surface area contributed by atoms with Gasteiger partial charge in [-0.3, -0.25) is 9.48 Å². The number of aryl methyl sites for hydroxylation is 1. The van der Waals surface area contributed by atoms with E-state index in [-0.39, 0.29) is 12.0 Å². The van der Waals surface area contributed by atoms with Crippen molar-refractivity contribution in [1.29, 1.82) is 0 Å². The summed E-state index contributed by atoms with van der Waals surface area (Å²) in [5, 5.41) is 4.35. The predicted octanol–water partition coefficient (Wildman–Crippen LogP) is 0.165. The van der Waals surface area contributed by atoms with E-state index in [9.17, 15) is 4.79 Å². The molecule has 9 nitrogen and oxygen atoms in total. The van der Waals surface area contributed by atoms with Gasteiger partial charge >= 0.3 is 0 Å². The lowest BCUT2D eigenvalue weighted by molar-refractivity contribution is -0.129. The minimum Gasteiger partial charge on any atom is -0.373 e. The number of amides is 1. The van der Waals surface area contributed by atoms with Crippen LogP contribution in [0.2, 0.25) is 0 Å². The molecule has 2 aliphatic rings. The number of aromatic nitrogens is 4. The van der Waals surface area contributed by atoms with Crippen LogP contribution in [0.25, 0.3) is 0 Å². The number of likely N-dealkylation sites (N-methyl/N-ethyl adjacent to an activating group) is 1. The fourth-order valence-corrected chi connectivity index (χ4v) is 3.45. The zero-order valence-electron chi connectivity index (χ0n) is 15.8. The lowest BCUT2D eigenvalue weighted by Crippen LogP contribution is -2.49. The van der Waals surface area contributed by atoms with Crippen molar-refractivity contribution >= 4 is 17.5 Å².